The molecule has 2 unspecified atom stereocenters. The van der Waals surface area contributed by atoms with Gasteiger partial charge in [0, 0.05) is 43.4 Å². The molecule has 0 radical (unpaired) electrons. The van der Waals surface area contributed by atoms with E-state index in [2.05, 4.69) is 16.3 Å². The second-order valence-corrected chi connectivity index (χ2v) is 9.57. The summed E-state index contributed by atoms with van der Waals surface area (Å²) in [7, 11) is 0. The molecule has 2 aromatic rings. The van der Waals surface area contributed by atoms with Crippen molar-refractivity contribution in [1.29, 1.82) is 0 Å². The molecule has 0 spiro atoms. The number of hydrogen-bond acceptors (Lipinski definition) is 3. The van der Waals surface area contributed by atoms with Crippen molar-refractivity contribution in [1.82, 2.24) is 9.80 Å². The fraction of sp³-hybridized carbons (Fsp3) is 0.458. The summed E-state index contributed by atoms with van der Waals surface area (Å²) in [5.41, 5.74) is 2.86. The van der Waals surface area contributed by atoms with E-state index < -0.39 is 5.82 Å². The molecule has 4 rings (SSSR count). The highest BCUT2D eigenvalue weighted by molar-refractivity contribution is 6.34. The average Bonchev–Trinajstić information content (AvgIpc) is 3.30. The Balaban J connectivity index is 1.24. The number of rotatable bonds is 6. The van der Waals surface area contributed by atoms with E-state index in [0.29, 0.717) is 24.9 Å². The van der Waals surface area contributed by atoms with Crippen LogP contribution in [0.3, 0.4) is 0 Å². The number of amides is 1. The topological polar surface area (TPSA) is 35.6 Å². The minimum Gasteiger partial charge on any atom is -0.385 e. The standard InChI is InChI=1S/C24H28Cl2FN3O/c1-15-4-6-19(10-20(15)25)28-8-3-9-29-11-17-13-30(14-18(17)12-29)24(31)22-21(27)7-5-16(2)23(22)26/h4-7,10,17-18,28H,3,8-9,11-14H2,1-2H3. The Kier molecular flexibility index (Phi) is 6.75. The van der Waals surface area contributed by atoms with Crippen molar-refractivity contribution < 1.29 is 9.18 Å². The van der Waals surface area contributed by atoms with Crippen molar-refractivity contribution in [3.8, 4) is 0 Å². The van der Waals surface area contributed by atoms with Crippen molar-refractivity contribution in [2.45, 2.75) is 20.3 Å². The van der Waals surface area contributed by atoms with Crippen LogP contribution in [0, 0.1) is 31.5 Å². The zero-order valence-electron chi connectivity index (χ0n) is 17.9. The second kappa shape index (κ2) is 9.35. The zero-order chi connectivity index (χ0) is 22.1. The molecule has 2 saturated heterocycles. The Morgan fingerprint density at radius 2 is 1.74 bits per heavy atom. The molecule has 166 valence electrons. The van der Waals surface area contributed by atoms with E-state index in [1.54, 1.807) is 17.9 Å². The molecular weight excluding hydrogens is 436 g/mol. The number of nitrogens with zero attached hydrogens (tertiary/aromatic N) is 2. The minimum absolute atomic E-state index is 0.0146. The van der Waals surface area contributed by atoms with Crippen molar-refractivity contribution in [2.75, 3.05) is 44.6 Å². The predicted molar refractivity (Wildman–Crippen MR) is 125 cm³/mol. The van der Waals surface area contributed by atoms with Gasteiger partial charge in [0.05, 0.1) is 10.6 Å². The van der Waals surface area contributed by atoms with Gasteiger partial charge in [0.2, 0.25) is 0 Å². The number of hydrogen-bond donors (Lipinski definition) is 1. The molecule has 4 nitrogen and oxygen atoms in total. The third-order valence-electron chi connectivity index (χ3n) is 6.50. The van der Waals surface area contributed by atoms with E-state index in [1.807, 2.05) is 19.1 Å². The number of anilines is 1. The van der Waals surface area contributed by atoms with E-state index >= 15 is 0 Å². The van der Waals surface area contributed by atoms with Crippen LogP contribution >= 0.6 is 23.2 Å². The van der Waals surface area contributed by atoms with Crippen molar-refractivity contribution in [3.63, 3.8) is 0 Å². The van der Waals surface area contributed by atoms with Gasteiger partial charge in [-0.2, -0.15) is 0 Å². The molecule has 31 heavy (non-hydrogen) atoms. The molecule has 2 aromatic carbocycles. The van der Waals surface area contributed by atoms with E-state index in [4.69, 9.17) is 23.2 Å². The summed E-state index contributed by atoms with van der Waals surface area (Å²) in [6.07, 6.45) is 1.04. The van der Waals surface area contributed by atoms with Crippen molar-refractivity contribution in [3.05, 3.63) is 62.9 Å². The monoisotopic (exact) mass is 463 g/mol. The fourth-order valence-corrected chi connectivity index (χ4v) is 5.10. The molecule has 0 saturated carbocycles. The first-order valence-electron chi connectivity index (χ1n) is 10.8. The quantitative estimate of drug-likeness (QED) is 0.593. The highest BCUT2D eigenvalue weighted by Crippen LogP contribution is 2.33. The lowest BCUT2D eigenvalue weighted by atomic mass is 10.0. The van der Waals surface area contributed by atoms with Gasteiger partial charge in [0.25, 0.3) is 5.91 Å². The Morgan fingerprint density at radius 1 is 1.06 bits per heavy atom. The largest absolute Gasteiger partial charge is 0.385 e. The van der Waals surface area contributed by atoms with Crippen LogP contribution in [0.2, 0.25) is 10.0 Å². The van der Waals surface area contributed by atoms with E-state index in [1.165, 1.54) is 6.07 Å². The fourth-order valence-electron chi connectivity index (χ4n) is 4.69. The van der Waals surface area contributed by atoms with Gasteiger partial charge in [0.15, 0.2) is 0 Å². The van der Waals surface area contributed by atoms with Gasteiger partial charge in [-0.05, 0) is 68.0 Å². The zero-order valence-corrected chi connectivity index (χ0v) is 19.4. The summed E-state index contributed by atoms with van der Waals surface area (Å²) in [6.45, 7) is 9.00. The number of fused-ring (bicyclic) bond motifs is 1. The number of benzene rings is 2. The number of aryl methyl sites for hydroxylation is 2. The maximum absolute atomic E-state index is 14.3. The van der Waals surface area contributed by atoms with Gasteiger partial charge in [-0.1, -0.05) is 35.3 Å². The highest BCUT2D eigenvalue weighted by Gasteiger charge is 2.42. The molecule has 2 aliphatic heterocycles. The number of carbonyl (C=O) groups is 1. The average molecular weight is 464 g/mol. The van der Waals surface area contributed by atoms with E-state index in [0.717, 1.165) is 54.4 Å². The first kappa shape index (κ1) is 22.4. The Labute approximate surface area is 193 Å². The maximum Gasteiger partial charge on any atom is 0.258 e. The lowest BCUT2D eigenvalue weighted by molar-refractivity contribution is 0.0769. The molecule has 7 heteroatoms. The molecule has 0 aromatic heterocycles. The van der Waals surface area contributed by atoms with Crippen LogP contribution in [0.25, 0.3) is 0 Å². The van der Waals surface area contributed by atoms with E-state index in [-0.39, 0.29) is 16.5 Å². The lowest BCUT2D eigenvalue weighted by Gasteiger charge is -2.22. The summed E-state index contributed by atoms with van der Waals surface area (Å²) in [6, 6.07) is 8.97. The van der Waals surface area contributed by atoms with Crippen LogP contribution < -0.4 is 5.32 Å². The Bertz CT molecular complexity index is 970. The summed E-state index contributed by atoms with van der Waals surface area (Å²) in [5, 5.41) is 4.44. The molecule has 1 amide bonds. The summed E-state index contributed by atoms with van der Waals surface area (Å²) in [4.78, 5) is 17.2. The second-order valence-electron chi connectivity index (χ2n) is 8.79. The molecule has 2 heterocycles. The molecule has 0 bridgehead atoms. The lowest BCUT2D eigenvalue weighted by Crippen LogP contribution is -2.34. The van der Waals surface area contributed by atoms with Crippen LogP contribution in [-0.4, -0.2) is 55.0 Å². The van der Waals surface area contributed by atoms with Crippen LogP contribution in [-0.2, 0) is 0 Å². The van der Waals surface area contributed by atoms with E-state index in [9.17, 15) is 9.18 Å². The summed E-state index contributed by atoms with van der Waals surface area (Å²) >= 11 is 12.4. The van der Waals surface area contributed by atoms with Crippen LogP contribution in [0.1, 0.15) is 27.9 Å². The first-order valence-corrected chi connectivity index (χ1v) is 11.6. The van der Waals surface area contributed by atoms with Crippen molar-refractivity contribution in [2.24, 2.45) is 11.8 Å². The Hall–Kier alpha value is -1.82. The normalized spacial score (nSPS) is 20.9. The van der Waals surface area contributed by atoms with Gasteiger partial charge >= 0.3 is 0 Å². The molecule has 2 aliphatic rings. The number of halogens is 3. The molecule has 2 fully saturated rings. The molecule has 2 atom stereocenters. The van der Waals surface area contributed by atoms with Gasteiger partial charge < -0.3 is 15.1 Å². The van der Waals surface area contributed by atoms with Crippen LogP contribution in [0.15, 0.2) is 30.3 Å². The predicted octanol–water partition coefficient (Wildman–Crippen LogP) is 5.26. The minimum atomic E-state index is -0.540. The third-order valence-corrected chi connectivity index (χ3v) is 7.39. The number of carbonyl (C=O) groups excluding carboxylic acids is 1. The Morgan fingerprint density at radius 3 is 2.42 bits per heavy atom. The maximum atomic E-state index is 14.3. The van der Waals surface area contributed by atoms with Crippen molar-refractivity contribution >= 4 is 34.8 Å². The van der Waals surface area contributed by atoms with Crippen LogP contribution in [0.4, 0.5) is 10.1 Å². The molecule has 1 N–H and O–H groups in total. The summed E-state index contributed by atoms with van der Waals surface area (Å²) < 4.78 is 14.3. The number of likely N-dealkylation sites (tertiary alicyclic amines) is 2. The summed E-state index contributed by atoms with van der Waals surface area (Å²) in [5.74, 6) is 0.0636. The smallest absolute Gasteiger partial charge is 0.258 e. The van der Waals surface area contributed by atoms with Gasteiger partial charge in [-0.25, -0.2) is 4.39 Å². The first-order chi connectivity index (χ1) is 14.8. The highest BCUT2D eigenvalue weighted by atomic mass is 35.5. The van der Waals surface area contributed by atoms with Crippen LogP contribution in [0.5, 0.6) is 0 Å². The van der Waals surface area contributed by atoms with Gasteiger partial charge in [-0.3, -0.25) is 4.79 Å². The third kappa shape index (κ3) is 4.84. The van der Waals surface area contributed by atoms with Gasteiger partial charge in [-0.15, -0.1) is 0 Å². The SMILES string of the molecule is Cc1ccc(NCCCN2CC3CN(C(=O)c4c(F)ccc(C)c4Cl)CC3C2)cc1Cl. The molecule has 0 aliphatic carbocycles. The van der Waals surface area contributed by atoms with Gasteiger partial charge in [0.1, 0.15) is 5.82 Å². The number of nitrogens with one attached hydrogen (secondary N) is 1. The molecular formula is C24H28Cl2FN3O.